The van der Waals surface area contributed by atoms with E-state index in [0.29, 0.717) is 13.2 Å². The SMILES string of the molecule is CCCOC(C=CC(OCCC)C(C)C=O)C(C)C=O. The Morgan fingerprint density at radius 3 is 1.40 bits per heavy atom. The van der Waals surface area contributed by atoms with Gasteiger partial charge in [-0.25, -0.2) is 0 Å². The maximum Gasteiger partial charge on any atom is 0.125 e. The van der Waals surface area contributed by atoms with Gasteiger partial charge in [0.15, 0.2) is 0 Å². The molecule has 0 aromatic heterocycles. The number of rotatable bonds is 12. The van der Waals surface area contributed by atoms with Gasteiger partial charge in [0.25, 0.3) is 0 Å². The lowest BCUT2D eigenvalue weighted by atomic mass is 10.0. The van der Waals surface area contributed by atoms with Gasteiger partial charge in [-0.2, -0.15) is 0 Å². The lowest BCUT2D eigenvalue weighted by Gasteiger charge is -2.20. The number of carbonyl (C=O) groups excluding carboxylic acids is 2. The molecule has 0 fully saturated rings. The van der Waals surface area contributed by atoms with Gasteiger partial charge in [0.05, 0.1) is 12.2 Å². The van der Waals surface area contributed by atoms with Crippen LogP contribution in [-0.4, -0.2) is 38.0 Å². The van der Waals surface area contributed by atoms with Crippen LogP contribution in [0.2, 0.25) is 0 Å². The minimum Gasteiger partial charge on any atom is -0.373 e. The molecule has 0 rings (SSSR count). The molecule has 0 saturated heterocycles. The van der Waals surface area contributed by atoms with Crippen LogP contribution in [-0.2, 0) is 19.1 Å². The van der Waals surface area contributed by atoms with Crippen LogP contribution in [0.1, 0.15) is 40.5 Å². The fourth-order valence-electron chi connectivity index (χ4n) is 1.65. The van der Waals surface area contributed by atoms with Crippen molar-refractivity contribution in [2.45, 2.75) is 52.7 Å². The first-order valence-corrected chi connectivity index (χ1v) is 7.42. The molecule has 0 saturated carbocycles. The second-order valence-corrected chi connectivity index (χ2v) is 5.05. The number of aldehydes is 2. The molecule has 0 aliphatic heterocycles. The summed E-state index contributed by atoms with van der Waals surface area (Å²) in [6.07, 6.45) is 6.72. The van der Waals surface area contributed by atoms with Gasteiger partial charge in [0.2, 0.25) is 0 Å². The minimum atomic E-state index is -0.265. The Labute approximate surface area is 122 Å². The first kappa shape index (κ1) is 19.0. The summed E-state index contributed by atoms with van der Waals surface area (Å²) in [6.45, 7) is 8.90. The van der Waals surface area contributed by atoms with E-state index in [1.54, 1.807) is 0 Å². The van der Waals surface area contributed by atoms with E-state index in [1.165, 1.54) is 0 Å². The third-order valence-corrected chi connectivity index (χ3v) is 2.99. The number of hydrogen-bond acceptors (Lipinski definition) is 4. The van der Waals surface area contributed by atoms with E-state index in [9.17, 15) is 9.59 Å². The molecule has 0 N–H and O–H groups in total. The zero-order valence-electron chi connectivity index (χ0n) is 13.1. The molecular weight excluding hydrogens is 256 g/mol. The molecule has 4 unspecified atom stereocenters. The van der Waals surface area contributed by atoms with Gasteiger partial charge >= 0.3 is 0 Å². The Bertz CT molecular complexity index is 260. The zero-order chi connectivity index (χ0) is 15.4. The summed E-state index contributed by atoms with van der Waals surface area (Å²) in [5.41, 5.74) is 0. The Morgan fingerprint density at radius 2 is 1.15 bits per heavy atom. The van der Waals surface area contributed by atoms with Gasteiger partial charge in [-0.05, 0) is 12.8 Å². The molecule has 0 aliphatic rings. The average molecular weight is 284 g/mol. The highest BCUT2D eigenvalue weighted by Crippen LogP contribution is 2.12. The molecule has 0 bridgehead atoms. The summed E-state index contributed by atoms with van der Waals surface area (Å²) in [7, 11) is 0. The Kier molecular flexibility index (Phi) is 11.2. The molecule has 4 atom stereocenters. The number of ether oxygens (including phenoxy) is 2. The van der Waals surface area contributed by atoms with Gasteiger partial charge in [-0.3, -0.25) is 0 Å². The van der Waals surface area contributed by atoms with E-state index in [-0.39, 0.29) is 24.0 Å². The highest BCUT2D eigenvalue weighted by atomic mass is 16.5. The molecule has 116 valence electrons. The summed E-state index contributed by atoms with van der Waals surface area (Å²) < 4.78 is 11.3. The molecule has 0 aliphatic carbocycles. The van der Waals surface area contributed by atoms with E-state index in [0.717, 1.165) is 25.4 Å². The molecule has 0 heterocycles. The first-order valence-electron chi connectivity index (χ1n) is 7.42. The summed E-state index contributed by atoms with van der Waals surface area (Å²) in [5.74, 6) is -0.424. The van der Waals surface area contributed by atoms with Crippen LogP contribution in [0, 0.1) is 11.8 Å². The van der Waals surface area contributed by atoms with Gasteiger partial charge in [-0.15, -0.1) is 0 Å². The van der Waals surface area contributed by atoms with Crippen molar-refractivity contribution >= 4 is 12.6 Å². The standard InChI is InChI=1S/C16H28O4/c1-5-9-19-15(13(3)11-17)7-8-16(14(4)12-18)20-10-6-2/h7-8,11-16H,5-6,9-10H2,1-4H3. The Hall–Kier alpha value is -1.00. The van der Waals surface area contributed by atoms with Gasteiger partial charge in [0, 0.05) is 25.0 Å². The topological polar surface area (TPSA) is 52.6 Å². The maximum atomic E-state index is 10.9. The first-order chi connectivity index (χ1) is 9.60. The molecule has 0 spiro atoms. The van der Waals surface area contributed by atoms with Gasteiger partial charge in [-0.1, -0.05) is 39.8 Å². The van der Waals surface area contributed by atoms with Crippen molar-refractivity contribution in [2.24, 2.45) is 11.8 Å². The second kappa shape index (κ2) is 11.8. The van der Waals surface area contributed by atoms with Crippen LogP contribution >= 0.6 is 0 Å². The van der Waals surface area contributed by atoms with Crippen molar-refractivity contribution in [1.82, 2.24) is 0 Å². The third-order valence-electron chi connectivity index (χ3n) is 2.99. The van der Waals surface area contributed by atoms with Crippen molar-refractivity contribution in [1.29, 1.82) is 0 Å². The molecule has 0 amide bonds. The Balaban J connectivity index is 4.72. The van der Waals surface area contributed by atoms with Crippen molar-refractivity contribution < 1.29 is 19.1 Å². The molecular formula is C16H28O4. The molecule has 0 radical (unpaired) electrons. The summed E-state index contributed by atoms with van der Waals surface area (Å²) >= 11 is 0. The molecule has 0 aromatic rings. The highest BCUT2D eigenvalue weighted by molar-refractivity contribution is 5.55. The number of hydrogen-bond donors (Lipinski definition) is 0. The average Bonchev–Trinajstić information content (AvgIpc) is 2.48. The summed E-state index contributed by atoms with van der Waals surface area (Å²) in [4.78, 5) is 21.8. The second-order valence-electron chi connectivity index (χ2n) is 5.05. The van der Waals surface area contributed by atoms with Crippen LogP contribution in [0.15, 0.2) is 12.2 Å². The van der Waals surface area contributed by atoms with E-state index in [4.69, 9.17) is 9.47 Å². The zero-order valence-corrected chi connectivity index (χ0v) is 13.1. The number of carbonyl (C=O) groups is 2. The van der Waals surface area contributed by atoms with E-state index >= 15 is 0 Å². The fraction of sp³-hybridized carbons (Fsp3) is 0.750. The normalized spacial score (nSPS) is 17.6. The fourth-order valence-corrected chi connectivity index (χ4v) is 1.65. The van der Waals surface area contributed by atoms with Crippen molar-refractivity contribution in [2.75, 3.05) is 13.2 Å². The maximum absolute atomic E-state index is 10.9. The highest BCUT2D eigenvalue weighted by Gasteiger charge is 2.17. The van der Waals surface area contributed by atoms with Crippen molar-refractivity contribution in [3.05, 3.63) is 12.2 Å². The van der Waals surface area contributed by atoms with Crippen molar-refractivity contribution in [3.63, 3.8) is 0 Å². The van der Waals surface area contributed by atoms with E-state index in [1.807, 2.05) is 39.8 Å². The van der Waals surface area contributed by atoms with Gasteiger partial charge < -0.3 is 19.1 Å². The predicted molar refractivity (Wildman–Crippen MR) is 79.7 cm³/mol. The van der Waals surface area contributed by atoms with Crippen LogP contribution < -0.4 is 0 Å². The van der Waals surface area contributed by atoms with Crippen LogP contribution in [0.4, 0.5) is 0 Å². The molecule has 4 nitrogen and oxygen atoms in total. The molecule has 0 aromatic carbocycles. The predicted octanol–water partition coefficient (Wildman–Crippen LogP) is 2.80. The largest absolute Gasteiger partial charge is 0.373 e. The lowest BCUT2D eigenvalue weighted by molar-refractivity contribution is -0.115. The third kappa shape index (κ3) is 7.56. The van der Waals surface area contributed by atoms with Crippen molar-refractivity contribution in [3.8, 4) is 0 Å². The molecule has 4 heteroatoms. The van der Waals surface area contributed by atoms with E-state index < -0.39 is 0 Å². The van der Waals surface area contributed by atoms with Crippen LogP contribution in [0.5, 0.6) is 0 Å². The van der Waals surface area contributed by atoms with Gasteiger partial charge in [0.1, 0.15) is 12.6 Å². The smallest absolute Gasteiger partial charge is 0.125 e. The van der Waals surface area contributed by atoms with Crippen LogP contribution in [0.25, 0.3) is 0 Å². The quantitative estimate of drug-likeness (QED) is 0.408. The van der Waals surface area contributed by atoms with Crippen LogP contribution in [0.3, 0.4) is 0 Å². The minimum absolute atomic E-state index is 0.212. The Morgan fingerprint density at radius 1 is 0.800 bits per heavy atom. The van der Waals surface area contributed by atoms with E-state index in [2.05, 4.69) is 0 Å². The summed E-state index contributed by atoms with van der Waals surface area (Å²) in [6, 6.07) is 0. The molecule has 20 heavy (non-hydrogen) atoms. The lowest BCUT2D eigenvalue weighted by Crippen LogP contribution is -2.25. The summed E-state index contributed by atoms with van der Waals surface area (Å²) in [5, 5.41) is 0. The monoisotopic (exact) mass is 284 g/mol.